The molecule has 2 fully saturated rings. The molecule has 3 rings (SSSR count). The maximum absolute atomic E-state index is 14.2. The highest BCUT2D eigenvalue weighted by Gasteiger charge is 2.62. The SMILES string of the molecule is Cn1cnnc1C1CCN(C(=O)C(F)(F)C2(O)CCC2)CC1. The summed E-state index contributed by atoms with van der Waals surface area (Å²) in [5.74, 6) is -4.00. The maximum Gasteiger partial charge on any atom is 0.352 e. The van der Waals surface area contributed by atoms with Crippen molar-refractivity contribution in [3.63, 3.8) is 0 Å². The van der Waals surface area contributed by atoms with Crippen LogP contribution >= 0.6 is 0 Å². The van der Waals surface area contributed by atoms with Gasteiger partial charge in [0.05, 0.1) is 0 Å². The number of likely N-dealkylation sites (tertiary alicyclic amines) is 1. The van der Waals surface area contributed by atoms with Crippen LogP contribution in [0.25, 0.3) is 0 Å². The Hall–Kier alpha value is -1.57. The second-order valence-electron chi connectivity index (χ2n) is 6.33. The monoisotopic (exact) mass is 314 g/mol. The van der Waals surface area contributed by atoms with Crippen LogP contribution in [0.5, 0.6) is 0 Å². The molecule has 1 N–H and O–H groups in total. The first-order valence-corrected chi connectivity index (χ1v) is 7.58. The van der Waals surface area contributed by atoms with Crippen molar-refractivity contribution < 1.29 is 18.7 Å². The van der Waals surface area contributed by atoms with Crippen LogP contribution in [-0.2, 0) is 11.8 Å². The number of aryl methyl sites for hydroxylation is 1. The van der Waals surface area contributed by atoms with Gasteiger partial charge in [-0.2, -0.15) is 8.78 Å². The molecule has 122 valence electrons. The molecule has 1 aliphatic carbocycles. The molecule has 0 radical (unpaired) electrons. The predicted octanol–water partition coefficient (Wildman–Crippen LogP) is 1.07. The lowest BCUT2D eigenvalue weighted by Crippen LogP contribution is -2.62. The van der Waals surface area contributed by atoms with Gasteiger partial charge in [0, 0.05) is 26.1 Å². The Kier molecular flexibility index (Phi) is 3.66. The Morgan fingerprint density at radius 1 is 1.41 bits per heavy atom. The van der Waals surface area contributed by atoms with Gasteiger partial charge in [0.1, 0.15) is 17.8 Å². The van der Waals surface area contributed by atoms with E-state index in [9.17, 15) is 18.7 Å². The summed E-state index contributed by atoms with van der Waals surface area (Å²) < 4.78 is 30.2. The molecule has 6 nitrogen and oxygen atoms in total. The summed E-state index contributed by atoms with van der Waals surface area (Å²) in [5, 5.41) is 17.7. The molecule has 1 amide bonds. The van der Waals surface area contributed by atoms with E-state index in [1.807, 2.05) is 11.6 Å². The van der Waals surface area contributed by atoms with E-state index in [0.29, 0.717) is 19.3 Å². The molecule has 1 saturated heterocycles. The number of aromatic nitrogens is 3. The number of halogens is 2. The summed E-state index contributed by atoms with van der Waals surface area (Å²) in [4.78, 5) is 13.3. The van der Waals surface area contributed by atoms with Gasteiger partial charge in [-0.15, -0.1) is 10.2 Å². The Balaban J connectivity index is 1.64. The second-order valence-corrected chi connectivity index (χ2v) is 6.33. The first-order chi connectivity index (χ1) is 10.3. The standard InChI is InChI=1S/C14H20F2N4O2/c1-19-9-17-18-11(19)10-3-7-20(8-4-10)12(21)14(15,16)13(22)5-2-6-13/h9-10,22H,2-8H2,1H3. The summed E-state index contributed by atoms with van der Waals surface area (Å²) in [6, 6.07) is 0. The largest absolute Gasteiger partial charge is 0.383 e. The molecule has 22 heavy (non-hydrogen) atoms. The third-order valence-corrected chi connectivity index (χ3v) is 4.93. The third kappa shape index (κ3) is 2.29. The average Bonchev–Trinajstić information content (AvgIpc) is 2.90. The number of carbonyl (C=O) groups excluding carboxylic acids is 1. The van der Waals surface area contributed by atoms with Crippen LogP contribution in [0.4, 0.5) is 8.78 Å². The molecule has 2 heterocycles. The van der Waals surface area contributed by atoms with Gasteiger partial charge in [0.25, 0.3) is 5.91 Å². The number of hydrogen-bond acceptors (Lipinski definition) is 4. The fourth-order valence-corrected chi connectivity index (χ4v) is 3.23. The van der Waals surface area contributed by atoms with Gasteiger partial charge < -0.3 is 14.6 Å². The minimum absolute atomic E-state index is 0.0128. The molecular weight excluding hydrogens is 294 g/mol. The number of aliphatic hydroxyl groups is 1. The molecule has 1 aromatic heterocycles. The summed E-state index contributed by atoms with van der Waals surface area (Å²) in [7, 11) is 1.84. The normalized spacial score (nSPS) is 22.5. The lowest BCUT2D eigenvalue weighted by atomic mass is 9.74. The number of piperidine rings is 1. The molecule has 1 saturated carbocycles. The molecule has 1 aromatic rings. The van der Waals surface area contributed by atoms with E-state index in [1.165, 1.54) is 4.90 Å². The van der Waals surface area contributed by atoms with Crippen molar-refractivity contribution in [2.24, 2.45) is 7.05 Å². The highest BCUT2D eigenvalue weighted by Crippen LogP contribution is 2.45. The first kappa shape index (κ1) is 15.3. The van der Waals surface area contributed by atoms with Crippen LogP contribution in [0, 0.1) is 0 Å². The lowest BCUT2D eigenvalue weighted by molar-refractivity contribution is -0.224. The van der Waals surface area contributed by atoms with E-state index in [1.54, 1.807) is 6.33 Å². The van der Waals surface area contributed by atoms with Crippen molar-refractivity contribution >= 4 is 5.91 Å². The Morgan fingerprint density at radius 2 is 2.05 bits per heavy atom. The summed E-state index contributed by atoms with van der Waals surface area (Å²) >= 11 is 0. The van der Waals surface area contributed by atoms with E-state index < -0.39 is 17.4 Å². The molecule has 2 aliphatic rings. The number of nitrogens with zero attached hydrogens (tertiary/aromatic N) is 4. The molecule has 1 aliphatic heterocycles. The van der Waals surface area contributed by atoms with Gasteiger partial charge in [0.2, 0.25) is 0 Å². The Morgan fingerprint density at radius 3 is 2.50 bits per heavy atom. The quantitative estimate of drug-likeness (QED) is 0.906. The zero-order valence-electron chi connectivity index (χ0n) is 12.5. The van der Waals surface area contributed by atoms with Gasteiger partial charge in [-0.05, 0) is 32.1 Å². The number of hydrogen-bond donors (Lipinski definition) is 1. The minimum atomic E-state index is -3.69. The number of carbonyl (C=O) groups is 1. The smallest absolute Gasteiger partial charge is 0.352 e. The molecule has 8 heteroatoms. The zero-order valence-corrected chi connectivity index (χ0v) is 12.5. The molecular formula is C14H20F2N4O2. The van der Waals surface area contributed by atoms with Crippen molar-refractivity contribution in [3.05, 3.63) is 12.2 Å². The Bertz CT molecular complexity index is 563. The number of amides is 1. The lowest BCUT2D eigenvalue weighted by Gasteiger charge is -2.44. The minimum Gasteiger partial charge on any atom is -0.383 e. The van der Waals surface area contributed by atoms with E-state index in [-0.39, 0.29) is 31.8 Å². The molecule has 0 unspecified atom stereocenters. The van der Waals surface area contributed by atoms with Gasteiger partial charge in [-0.25, -0.2) is 0 Å². The molecule has 0 bridgehead atoms. The van der Waals surface area contributed by atoms with Crippen LogP contribution in [-0.4, -0.2) is 55.3 Å². The summed E-state index contributed by atoms with van der Waals surface area (Å²) in [6.45, 7) is 0.504. The third-order valence-electron chi connectivity index (χ3n) is 4.93. The van der Waals surface area contributed by atoms with Crippen molar-refractivity contribution in [2.75, 3.05) is 13.1 Å². The number of rotatable bonds is 3. The van der Waals surface area contributed by atoms with E-state index in [2.05, 4.69) is 10.2 Å². The fraction of sp³-hybridized carbons (Fsp3) is 0.786. The van der Waals surface area contributed by atoms with Crippen LogP contribution in [0.2, 0.25) is 0 Å². The van der Waals surface area contributed by atoms with Crippen molar-refractivity contribution in [2.45, 2.75) is 49.5 Å². The van der Waals surface area contributed by atoms with Gasteiger partial charge >= 0.3 is 5.92 Å². The van der Waals surface area contributed by atoms with E-state index >= 15 is 0 Å². The zero-order chi connectivity index (χ0) is 16.0. The van der Waals surface area contributed by atoms with Crippen LogP contribution in [0.1, 0.15) is 43.8 Å². The Labute approximate surface area is 127 Å². The van der Waals surface area contributed by atoms with Gasteiger partial charge in [-0.1, -0.05) is 0 Å². The van der Waals surface area contributed by atoms with Crippen LogP contribution in [0.3, 0.4) is 0 Å². The van der Waals surface area contributed by atoms with Crippen LogP contribution in [0.15, 0.2) is 6.33 Å². The van der Waals surface area contributed by atoms with Crippen molar-refractivity contribution in [3.8, 4) is 0 Å². The van der Waals surface area contributed by atoms with Gasteiger partial charge in [0.15, 0.2) is 0 Å². The van der Waals surface area contributed by atoms with Gasteiger partial charge in [-0.3, -0.25) is 4.79 Å². The maximum atomic E-state index is 14.2. The molecule has 0 aromatic carbocycles. The highest BCUT2D eigenvalue weighted by atomic mass is 19.3. The summed E-state index contributed by atoms with van der Waals surface area (Å²) in [6.07, 6.45) is 3.27. The highest BCUT2D eigenvalue weighted by molar-refractivity contribution is 5.85. The van der Waals surface area contributed by atoms with E-state index in [4.69, 9.17) is 0 Å². The van der Waals surface area contributed by atoms with E-state index in [0.717, 1.165) is 5.82 Å². The number of alkyl halides is 2. The molecule has 0 spiro atoms. The topological polar surface area (TPSA) is 71.2 Å². The average molecular weight is 314 g/mol. The van der Waals surface area contributed by atoms with Crippen molar-refractivity contribution in [1.29, 1.82) is 0 Å². The fourth-order valence-electron chi connectivity index (χ4n) is 3.23. The van der Waals surface area contributed by atoms with Crippen LogP contribution < -0.4 is 0 Å². The second kappa shape index (κ2) is 5.26. The summed E-state index contributed by atoms with van der Waals surface area (Å²) in [5.41, 5.74) is -2.15. The predicted molar refractivity (Wildman–Crippen MR) is 73.3 cm³/mol. The van der Waals surface area contributed by atoms with Crippen molar-refractivity contribution in [1.82, 2.24) is 19.7 Å². The first-order valence-electron chi connectivity index (χ1n) is 7.58. The molecule has 0 atom stereocenters.